The molecule has 20 heavy (non-hydrogen) atoms. The number of amides is 1. The Kier molecular flexibility index (Phi) is 6.89. The van der Waals surface area contributed by atoms with Crippen molar-refractivity contribution in [1.29, 1.82) is 0 Å². The van der Waals surface area contributed by atoms with Gasteiger partial charge in [0.15, 0.2) is 0 Å². The molecule has 5 heteroatoms. The van der Waals surface area contributed by atoms with Crippen molar-refractivity contribution in [2.75, 3.05) is 7.11 Å². The Morgan fingerprint density at radius 2 is 2.00 bits per heavy atom. The van der Waals surface area contributed by atoms with Gasteiger partial charge in [-0.2, -0.15) is 0 Å². The zero-order chi connectivity index (χ0) is 14.8. The summed E-state index contributed by atoms with van der Waals surface area (Å²) in [6.45, 7) is 2.06. The van der Waals surface area contributed by atoms with E-state index in [2.05, 4.69) is 10.1 Å². The van der Waals surface area contributed by atoms with Crippen molar-refractivity contribution < 1.29 is 19.1 Å². The summed E-state index contributed by atoms with van der Waals surface area (Å²) in [5, 5.41) is 2.68. The van der Waals surface area contributed by atoms with Crippen LogP contribution in [0, 0.1) is 0 Å². The molecule has 0 aliphatic rings. The van der Waals surface area contributed by atoms with Gasteiger partial charge in [0.1, 0.15) is 6.61 Å². The van der Waals surface area contributed by atoms with E-state index in [0.29, 0.717) is 6.42 Å². The summed E-state index contributed by atoms with van der Waals surface area (Å²) in [4.78, 5) is 22.4. The lowest BCUT2D eigenvalue weighted by Gasteiger charge is -2.12. The SMILES string of the molecule is COC(=O)/C=C/C[C@H](C)NC(=O)OCc1ccccc1. The van der Waals surface area contributed by atoms with Crippen LogP contribution in [0.25, 0.3) is 0 Å². The molecule has 1 aromatic carbocycles. The van der Waals surface area contributed by atoms with Crippen LogP contribution in [0.5, 0.6) is 0 Å². The number of carbonyl (C=O) groups excluding carboxylic acids is 2. The van der Waals surface area contributed by atoms with Crippen molar-refractivity contribution in [2.45, 2.75) is 26.0 Å². The molecule has 0 aromatic heterocycles. The summed E-state index contributed by atoms with van der Waals surface area (Å²) < 4.78 is 9.54. The minimum atomic E-state index is -0.479. The van der Waals surface area contributed by atoms with Crippen molar-refractivity contribution in [1.82, 2.24) is 5.32 Å². The van der Waals surface area contributed by atoms with Gasteiger partial charge in [-0.3, -0.25) is 0 Å². The standard InChI is InChI=1S/C15H19NO4/c1-12(7-6-10-14(17)19-2)16-15(18)20-11-13-8-4-3-5-9-13/h3-6,8-10,12H,7,11H2,1-2H3,(H,16,18)/b10-6+/t12-/m0/s1. The first-order chi connectivity index (χ1) is 9.61. The topological polar surface area (TPSA) is 64.6 Å². The van der Waals surface area contributed by atoms with E-state index in [1.165, 1.54) is 13.2 Å². The number of esters is 1. The zero-order valence-corrected chi connectivity index (χ0v) is 11.7. The molecule has 0 aliphatic carbocycles. The molecule has 1 rings (SSSR count). The third kappa shape index (κ3) is 6.58. The van der Waals surface area contributed by atoms with Gasteiger partial charge in [-0.25, -0.2) is 9.59 Å². The average molecular weight is 277 g/mol. The fraction of sp³-hybridized carbons (Fsp3) is 0.333. The molecule has 0 fully saturated rings. The highest BCUT2D eigenvalue weighted by molar-refractivity contribution is 5.81. The second-order valence-electron chi connectivity index (χ2n) is 4.27. The molecule has 1 amide bonds. The number of benzene rings is 1. The molecule has 1 aromatic rings. The van der Waals surface area contributed by atoms with Crippen LogP contribution >= 0.6 is 0 Å². The maximum absolute atomic E-state index is 11.5. The van der Waals surface area contributed by atoms with Crippen LogP contribution in [0.15, 0.2) is 42.5 Å². The molecule has 0 unspecified atom stereocenters. The third-order valence-corrected chi connectivity index (χ3v) is 2.52. The number of alkyl carbamates (subject to hydrolysis) is 1. The van der Waals surface area contributed by atoms with Gasteiger partial charge >= 0.3 is 12.1 Å². The Bertz CT molecular complexity index is 456. The normalized spacial score (nSPS) is 11.9. The number of ether oxygens (including phenoxy) is 2. The molecule has 0 bridgehead atoms. The maximum atomic E-state index is 11.5. The highest BCUT2D eigenvalue weighted by Gasteiger charge is 2.07. The molecular formula is C15H19NO4. The van der Waals surface area contributed by atoms with Crippen LogP contribution < -0.4 is 5.32 Å². The van der Waals surface area contributed by atoms with Crippen LogP contribution in [0.3, 0.4) is 0 Å². The van der Waals surface area contributed by atoms with Crippen molar-refractivity contribution in [3.63, 3.8) is 0 Å². The van der Waals surface area contributed by atoms with E-state index in [-0.39, 0.29) is 12.6 Å². The van der Waals surface area contributed by atoms with E-state index >= 15 is 0 Å². The Morgan fingerprint density at radius 3 is 2.65 bits per heavy atom. The molecule has 1 atom stereocenters. The first kappa shape index (κ1) is 15.8. The van der Waals surface area contributed by atoms with Gasteiger partial charge in [-0.05, 0) is 18.9 Å². The van der Waals surface area contributed by atoms with Crippen molar-refractivity contribution >= 4 is 12.1 Å². The lowest BCUT2D eigenvalue weighted by Crippen LogP contribution is -2.32. The predicted molar refractivity (Wildman–Crippen MR) is 75.0 cm³/mol. The zero-order valence-electron chi connectivity index (χ0n) is 11.7. The molecule has 0 spiro atoms. The first-order valence-corrected chi connectivity index (χ1v) is 6.33. The Labute approximate surface area is 118 Å². The second-order valence-corrected chi connectivity index (χ2v) is 4.27. The minimum absolute atomic E-state index is 0.126. The van der Waals surface area contributed by atoms with Gasteiger partial charge in [0.2, 0.25) is 0 Å². The number of nitrogens with one attached hydrogen (secondary N) is 1. The van der Waals surface area contributed by atoms with Crippen LogP contribution in [-0.4, -0.2) is 25.2 Å². The van der Waals surface area contributed by atoms with Crippen LogP contribution in [-0.2, 0) is 20.9 Å². The smallest absolute Gasteiger partial charge is 0.407 e. The third-order valence-electron chi connectivity index (χ3n) is 2.52. The van der Waals surface area contributed by atoms with E-state index < -0.39 is 12.1 Å². The Morgan fingerprint density at radius 1 is 1.30 bits per heavy atom. The summed E-state index contributed by atoms with van der Waals surface area (Å²) >= 11 is 0. The lowest BCUT2D eigenvalue weighted by atomic mass is 10.2. The van der Waals surface area contributed by atoms with Crippen molar-refractivity contribution in [3.05, 3.63) is 48.0 Å². The molecule has 0 radical (unpaired) electrons. The monoisotopic (exact) mass is 277 g/mol. The number of methoxy groups -OCH3 is 1. The molecule has 0 heterocycles. The highest BCUT2D eigenvalue weighted by atomic mass is 16.5. The summed E-state index contributed by atoms with van der Waals surface area (Å²) in [7, 11) is 1.31. The Balaban J connectivity index is 2.24. The quantitative estimate of drug-likeness (QED) is 0.640. The summed E-state index contributed by atoms with van der Waals surface area (Å²) in [6, 6.07) is 9.32. The number of rotatable bonds is 6. The van der Waals surface area contributed by atoms with Crippen molar-refractivity contribution in [3.8, 4) is 0 Å². The number of carbonyl (C=O) groups is 2. The molecule has 0 aliphatic heterocycles. The van der Waals surface area contributed by atoms with E-state index in [1.54, 1.807) is 6.08 Å². The van der Waals surface area contributed by atoms with Crippen molar-refractivity contribution in [2.24, 2.45) is 0 Å². The fourth-order valence-corrected chi connectivity index (χ4v) is 1.46. The van der Waals surface area contributed by atoms with Crippen LogP contribution in [0.1, 0.15) is 18.9 Å². The van der Waals surface area contributed by atoms with Crippen LogP contribution in [0.2, 0.25) is 0 Å². The van der Waals surface area contributed by atoms with E-state index in [9.17, 15) is 9.59 Å². The van der Waals surface area contributed by atoms with E-state index in [0.717, 1.165) is 5.56 Å². The summed E-state index contributed by atoms with van der Waals surface area (Å²) in [5.41, 5.74) is 0.931. The first-order valence-electron chi connectivity index (χ1n) is 6.33. The fourth-order valence-electron chi connectivity index (χ4n) is 1.46. The highest BCUT2D eigenvalue weighted by Crippen LogP contribution is 2.01. The van der Waals surface area contributed by atoms with Gasteiger partial charge in [0.05, 0.1) is 7.11 Å². The average Bonchev–Trinajstić information content (AvgIpc) is 2.46. The molecular weight excluding hydrogens is 258 g/mol. The Hall–Kier alpha value is -2.30. The van der Waals surface area contributed by atoms with E-state index in [4.69, 9.17) is 4.74 Å². The molecule has 0 saturated heterocycles. The molecule has 108 valence electrons. The van der Waals surface area contributed by atoms with Gasteiger partial charge in [0.25, 0.3) is 0 Å². The van der Waals surface area contributed by atoms with E-state index in [1.807, 2.05) is 37.3 Å². The molecule has 5 nitrogen and oxygen atoms in total. The van der Waals surface area contributed by atoms with Gasteiger partial charge in [-0.1, -0.05) is 36.4 Å². The minimum Gasteiger partial charge on any atom is -0.466 e. The lowest BCUT2D eigenvalue weighted by molar-refractivity contribution is -0.134. The number of hydrogen-bond acceptors (Lipinski definition) is 4. The summed E-state index contributed by atoms with van der Waals surface area (Å²) in [6.07, 6.45) is 3.02. The van der Waals surface area contributed by atoms with Gasteiger partial charge in [0, 0.05) is 12.1 Å². The van der Waals surface area contributed by atoms with Gasteiger partial charge < -0.3 is 14.8 Å². The number of hydrogen-bond donors (Lipinski definition) is 1. The van der Waals surface area contributed by atoms with Gasteiger partial charge in [-0.15, -0.1) is 0 Å². The molecule has 1 N–H and O–H groups in total. The van der Waals surface area contributed by atoms with Crippen LogP contribution in [0.4, 0.5) is 4.79 Å². The predicted octanol–water partition coefficient (Wildman–Crippen LogP) is 2.42. The second kappa shape index (κ2) is 8.74. The summed E-state index contributed by atoms with van der Waals surface area (Å²) in [5.74, 6) is -0.413. The molecule has 0 saturated carbocycles. The largest absolute Gasteiger partial charge is 0.466 e. The maximum Gasteiger partial charge on any atom is 0.407 e.